The molecule has 0 radical (unpaired) electrons. The summed E-state index contributed by atoms with van der Waals surface area (Å²) < 4.78 is 4.82. The lowest BCUT2D eigenvalue weighted by atomic mass is 10.3. The van der Waals surface area contributed by atoms with Gasteiger partial charge in [0, 0.05) is 52.7 Å². The molecule has 0 fully saturated rings. The number of nitrogens with two attached hydrogens (primary N) is 2. The first-order chi connectivity index (χ1) is 16.6. The van der Waals surface area contributed by atoms with Gasteiger partial charge in [0.1, 0.15) is 17.2 Å². The Balaban J connectivity index is 1.67. The van der Waals surface area contributed by atoms with E-state index in [1.165, 1.54) is 0 Å². The number of hydrogen-bond acceptors (Lipinski definition) is 5. The standard InChI is InChI=1S/C22H28N10O3/c1-30-10-14(27-12-23)7-17(30)22(35)29-19-6-13(9-32(19)3)20(33)28-15-8-16(31(2)11-15)21(34)26-5-4-18(24)25/h6-12H,4-5H2,1-3H3,(H2,23,27)(H3,24,25)(H,26,34)(H,28,33)(H,29,35). The molecule has 35 heavy (non-hydrogen) atoms. The Kier molecular flexibility index (Phi) is 7.39. The summed E-state index contributed by atoms with van der Waals surface area (Å²) in [6.45, 7) is 0.240. The van der Waals surface area contributed by atoms with Crippen LogP contribution in [0.2, 0.25) is 0 Å². The number of aliphatic imine (C=N–C) groups is 1. The van der Waals surface area contributed by atoms with Crippen molar-refractivity contribution < 1.29 is 14.4 Å². The second-order valence-corrected chi connectivity index (χ2v) is 7.86. The molecule has 0 atom stereocenters. The number of amidine groups is 1. The number of anilines is 2. The van der Waals surface area contributed by atoms with E-state index in [0.29, 0.717) is 34.1 Å². The van der Waals surface area contributed by atoms with Gasteiger partial charge in [-0.25, -0.2) is 4.99 Å². The second-order valence-electron chi connectivity index (χ2n) is 7.86. The number of aromatic nitrogens is 3. The fourth-order valence-electron chi connectivity index (χ4n) is 3.39. The van der Waals surface area contributed by atoms with E-state index in [0.717, 1.165) is 6.34 Å². The predicted octanol–water partition coefficient (Wildman–Crippen LogP) is 0.881. The molecule has 0 saturated heterocycles. The van der Waals surface area contributed by atoms with E-state index in [1.807, 2.05) is 0 Å². The topological polar surface area (TPSA) is 190 Å². The normalized spacial score (nSPS) is 10.9. The summed E-state index contributed by atoms with van der Waals surface area (Å²) in [6.07, 6.45) is 6.26. The molecular formula is C22H28N10O3. The third-order valence-corrected chi connectivity index (χ3v) is 5.13. The van der Waals surface area contributed by atoms with E-state index in [-0.39, 0.29) is 30.6 Å². The fourth-order valence-corrected chi connectivity index (χ4v) is 3.39. The Morgan fingerprint density at radius 3 is 2.31 bits per heavy atom. The van der Waals surface area contributed by atoms with Crippen LogP contribution in [0.1, 0.15) is 37.8 Å². The molecule has 13 heteroatoms. The largest absolute Gasteiger partial charge is 0.390 e. The summed E-state index contributed by atoms with van der Waals surface area (Å²) in [5.74, 6) is -0.724. The van der Waals surface area contributed by atoms with Crippen molar-refractivity contribution in [3.05, 3.63) is 53.7 Å². The van der Waals surface area contributed by atoms with Crippen molar-refractivity contribution in [3.63, 3.8) is 0 Å². The van der Waals surface area contributed by atoms with Crippen LogP contribution in [-0.2, 0) is 21.1 Å². The van der Waals surface area contributed by atoms with Crippen molar-refractivity contribution in [1.82, 2.24) is 19.0 Å². The lowest BCUT2D eigenvalue weighted by molar-refractivity contribution is 0.0945. The number of rotatable bonds is 9. The Bertz CT molecular complexity index is 1310. The van der Waals surface area contributed by atoms with Crippen LogP contribution >= 0.6 is 0 Å². The number of nitrogens with zero attached hydrogens (tertiary/aromatic N) is 4. The summed E-state index contributed by atoms with van der Waals surface area (Å²) in [5.41, 5.74) is 12.6. The monoisotopic (exact) mass is 480 g/mol. The summed E-state index contributed by atoms with van der Waals surface area (Å²) in [4.78, 5) is 41.8. The van der Waals surface area contributed by atoms with Gasteiger partial charge >= 0.3 is 0 Å². The first kappa shape index (κ1) is 24.8. The second kappa shape index (κ2) is 10.4. The van der Waals surface area contributed by atoms with E-state index in [9.17, 15) is 14.4 Å². The van der Waals surface area contributed by atoms with E-state index in [1.54, 1.807) is 71.6 Å². The first-order valence-electron chi connectivity index (χ1n) is 10.6. The van der Waals surface area contributed by atoms with E-state index in [4.69, 9.17) is 16.9 Å². The van der Waals surface area contributed by atoms with Crippen LogP contribution in [0.15, 0.2) is 41.8 Å². The average Bonchev–Trinajstić information content (AvgIpc) is 3.45. The lowest BCUT2D eigenvalue weighted by Crippen LogP contribution is -2.28. The molecule has 8 N–H and O–H groups in total. The maximum Gasteiger partial charge on any atom is 0.273 e. The number of amides is 3. The van der Waals surface area contributed by atoms with Gasteiger partial charge in [-0.2, -0.15) is 0 Å². The maximum atomic E-state index is 12.8. The van der Waals surface area contributed by atoms with Crippen molar-refractivity contribution in [1.29, 1.82) is 5.41 Å². The van der Waals surface area contributed by atoms with Gasteiger partial charge in [-0.1, -0.05) is 0 Å². The quantitative estimate of drug-likeness (QED) is 0.195. The predicted molar refractivity (Wildman–Crippen MR) is 133 cm³/mol. The zero-order chi connectivity index (χ0) is 25.7. The van der Waals surface area contributed by atoms with E-state index < -0.39 is 5.91 Å². The minimum Gasteiger partial charge on any atom is -0.390 e. The lowest BCUT2D eigenvalue weighted by Gasteiger charge is -2.06. The highest BCUT2D eigenvalue weighted by atomic mass is 16.2. The third kappa shape index (κ3) is 5.96. The zero-order valence-corrected chi connectivity index (χ0v) is 19.6. The van der Waals surface area contributed by atoms with E-state index >= 15 is 0 Å². The highest BCUT2D eigenvalue weighted by molar-refractivity contribution is 6.07. The molecule has 0 aliphatic rings. The van der Waals surface area contributed by atoms with Gasteiger partial charge in [0.25, 0.3) is 17.7 Å². The number of carbonyl (C=O) groups is 3. The number of nitrogens with one attached hydrogen (secondary N) is 4. The highest BCUT2D eigenvalue weighted by Gasteiger charge is 2.18. The molecule has 0 saturated carbocycles. The van der Waals surface area contributed by atoms with Gasteiger partial charge < -0.3 is 41.1 Å². The van der Waals surface area contributed by atoms with E-state index in [2.05, 4.69) is 20.9 Å². The highest BCUT2D eigenvalue weighted by Crippen LogP contribution is 2.20. The molecule has 13 nitrogen and oxygen atoms in total. The first-order valence-corrected chi connectivity index (χ1v) is 10.6. The van der Waals surface area contributed by atoms with Gasteiger partial charge in [-0.05, 0) is 18.2 Å². The van der Waals surface area contributed by atoms with Crippen LogP contribution in [0.25, 0.3) is 0 Å². The smallest absolute Gasteiger partial charge is 0.273 e. The van der Waals surface area contributed by atoms with Crippen molar-refractivity contribution in [3.8, 4) is 0 Å². The molecule has 3 amide bonds. The van der Waals surface area contributed by atoms with Crippen LogP contribution in [0, 0.1) is 5.41 Å². The Morgan fingerprint density at radius 1 is 0.943 bits per heavy atom. The van der Waals surface area contributed by atoms with Crippen molar-refractivity contribution in [2.45, 2.75) is 6.42 Å². The number of carbonyl (C=O) groups excluding carboxylic acids is 3. The minimum absolute atomic E-state index is 0.0160. The number of aryl methyl sites for hydroxylation is 3. The summed E-state index contributed by atoms with van der Waals surface area (Å²) in [5, 5.41) is 15.4. The SMILES string of the molecule is Cn1cc(C(=O)Nc2cc(C(=O)NCCC(=N)N)n(C)c2)cc1NC(=O)c1cc(N=CN)cn1C. The molecule has 0 spiro atoms. The molecule has 3 aromatic heterocycles. The van der Waals surface area contributed by atoms with Gasteiger partial charge in [0.2, 0.25) is 0 Å². The fraction of sp³-hybridized carbons (Fsp3) is 0.227. The summed E-state index contributed by atoms with van der Waals surface area (Å²) in [7, 11) is 5.10. The van der Waals surface area contributed by atoms with Gasteiger partial charge in [0.05, 0.1) is 29.1 Å². The Labute approximate surface area is 201 Å². The maximum absolute atomic E-state index is 12.8. The van der Waals surface area contributed by atoms with Crippen molar-refractivity contribution in [2.75, 3.05) is 17.2 Å². The molecule has 0 aromatic carbocycles. The van der Waals surface area contributed by atoms with Crippen LogP contribution in [-0.4, -0.2) is 50.1 Å². The van der Waals surface area contributed by atoms with Gasteiger partial charge in [-0.15, -0.1) is 0 Å². The molecule has 184 valence electrons. The molecule has 0 aliphatic carbocycles. The molecule has 0 bridgehead atoms. The minimum atomic E-state index is -0.409. The van der Waals surface area contributed by atoms with Crippen LogP contribution in [0.4, 0.5) is 17.2 Å². The molecule has 3 rings (SSSR count). The van der Waals surface area contributed by atoms with Gasteiger partial charge in [0.15, 0.2) is 0 Å². The third-order valence-electron chi connectivity index (χ3n) is 5.13. The van der Waals surface area contributed by atoms with Crippen LogP contribution < -0.4 is 27.4 Å². The van der Waals surface area contributed by atoms with Crippen LogP contribution in [0.3, 0.4) is 0 Å². The molecule has 0 aliphatic heterocycles. The Morgan fingerprint density at radius 2 is 1.63 bits per heavy atom. The van der Waals surface area contributed by atoms with Crippen molar-refractivity contribution >= 4 is 47.1 Å². The zero-order valence-electron chi connectivity index (χ0n) is 19.6. The Hall–Kier alpha value is -4.81. The van der Waals surface area contributed by atoms with Crippen LogP contribution in [0.5, 0.6) is 0 Å². The summed E-state index contributed by atoms with van der Waals surface area (Å²) >= 11 is 0. The van der Waals surface area contributed by atoms with Gasteiger partial charge in [-0.3, -0.25) is 19.8 Å². The summed E-state index contributed by atoms with van der Waals surface area (Å²) in [6, 6.07) is 4.69. The average molecular weight is 481 g/mol. The number of hydrogen-bond donors (Lipinski definition) is 6. The molecular weight excluding hydrogens is 452 g/mol. The molecule has 3 heterocycles. The molecule has 3 aromatic rings. The molecule has 0 unspecified atom stereocenters. The van der Waals surface area contributed by atoms with Crippen molar-refractivity contribution in [2.24, 2.45) is 37.6 Å².